The molecule has 0 unspecified atom stereocenters. The number of methoxy groups -OCH3 is 2. The van der Waals surface area contributed by atoms with Crippen LogP contribution in [-0.4, -0.2) is 37.2 Å². The molecule has 1 aliphatic carbocycles. The summed E-state index contributed by atoms with van der Waals surface area (Å²) in [6, 6.07) is 9.41. The van der Waals surface area contributed by atoms with Gasteiger partial charge in [0.15, 0.2) is 0 Å². The lowest BCUT2D eigenvalue weighted by Gasteiger charge is -2.23. The number of carbonyl (C=O) groups excluding carboxylic acids is 2. The minimum Gasteiger partial charge on any atom is -0.497 e. The Hall–Kier alpha value is -2.54. The van der Waals surface area contributed by atoms with Crippen molar-refractivity contribution in [2.75, 3.05) is 19.5 Å². The molecule has 0 saturated heterocycles. The van der Waals surface area contributed by atoms with E-state index in [0.29, 0.717) is 17.1 Å². The van der Waals surface area contributed by atoms with Crippen LogP contribution in [0.1, 0.15) is 28.1 Å². The zero-order valence-electron chi connectivity index (χ0n) is 14.2. The number of ether oxygens (including phenoxy) is 2. The van der Waals surface area contributed by atoms with E-state index in [1.54, 1.807) is 23.5 Å². The number of carbonyl (C=O) groups is 2. The van der Waals surface area contributed by atoms with Crippen LogP contribution in [-0.2, 0) is 11.3 Å². The Labute approximate surface area is 150 Å². The molecule has 2 amide bonds. The summed E-state index contributed by atoms with van der Waals surface area (Å²) < 4.78 is 9.91. The molecule has 0 radical (unpaired) electrons. The van der Waals surface area contributed by atoms with Crippen molar-refractivity contribution in [2.24, 2.45) is 0 Å². The zero-order valence-corrected chi connectivity index (χ0v) is 15.0. The van der Waals surface area contributed by atoms with E-state index < -0.39 is 5.97 Å². The van der Waals surface area contributed by atoms with Crippen molar-refractivity contribution >= 4 is 29.0 Å². The molecule has 132 valence electrons. The van der Waals surface area contributed by atoms with Gasteiger partial charge in [0.05, 0.1) is 19.9 Å². The van der Waals surface area contributed by atoms with Crippen LogP contribution in [0.2, 0.25) is 0 Å². The lowest BCUT2D eigenvalue weighted by atomic mass is 10.2. The molecule has 0 bridgehead atoms. The zero-order chi connectivity index (χ0) is 17.8. The molecule has 25 heavy (non-hydrogen) atoms. The first-order valence-corrected chi connectivity index (χ1v) is 8.86. The van der Waals surface area contributed by atoms with Crippen molar-refractivity contribution < 1.29 is 19.1 Å². The fraction of sp³-hybridized carbons (Fsp3) is 0.333. The monoisotopic (exact) mass is 360 g/mol. The van der Waals surface area contributed by atoms with E-state index in [2.05, 4.69) is 5.32 Å². The van der Waals surface area contributed by atoms with Gasteiger partial charge < -0.3 is 19.7 Å². The molecule has 1 heterocycles. The minimum atomic E-state index is -0.446. The second kappa shape index (κ2) is 7.57. The van der Waals surface area contributed by atoms with Gasteiger partial charge in [0.25, 0.3) is 0 Å². The Balaban J connectivity index is 1.71. The molecule has 0 aliphatic heterocycles. The van der Waals surface area contributed by atoms with E-state index in [-0.39, 0.29) is 12.1 Å². The molecule has 7 heteroatoms. The van der Waals surface area contributed by atoms with Gasteiger partial charge in [0.1, 0.15) is 10.6 Å². The van der Waals surface area contributed by atoms with Gasteiger partial charge in [0.2, 0.25) is 0 Å². The molecule has 2 aromatic rings. The summed E-state index contributed by atoms with van der Waals surface area (Å²) in [6.45, 7) is 0.512. The van der Waals surface area contributed by atoms with Gasteiger partial charge in [-0.2, -0.15) is 0 Å². The molecule has 1 aromatic carbocycles. The lowest BCUT2D eigenvalue weighted by Crippen LogP contribution is -2.36. The number of benzene rings is 1. The maximum absolute atomic E-state index is 12.7. The second-order valence-corrected chi connectivity index (χ2v) is 6.71. The normalized spacial score (nSPS) is 13.2. The predicted molar refractivity (Wildman–Crippen MR) is 96.2 cm³/mol. The molecule has 0 atom stereocenters. The number of nitrogens with one attached hydrogen (secondary N) is 1. The van der Waals surface area contributed by atoms with Crippen molar-refractivity contribution in [3.8, 4) is 5.75 Å². The summed E-state index contributed by atoms with van der Waals surface area (Å²) in [5, 5.41) is 4.60. The Kier molecular flexibility index (Phi) is 5.23. The molecule has 1 fully saturated rings. The SMILES string of the molecule is COC(=O)c1sccc1NC(=O)N(Cc1ccc(OC)cc1)C1CC1. The van der Waals surface area contributed by atoms with Crippen molar-refractivity contribution in [1.82, 2.24) is 4.90 Å². The molecule has 1 aromatic heterocycles. The Morgan fingerprint density at radius 1 is 1.20 bits per heavy atom. The van der Waals surface area contributed by atoms with Gasteiger partial charge in [-0.1, -0.05) is 12.1 Å². The lowest BCUT2D eigenvalue weighted by molar-refractivity contribution is 0.0607. The fourth-order valence-electron chi connectivity index (χ4n) is 2.53. The van der Waals surface area contributed by atoms with E-state index in [1.165, 1.54) is 18.4 Å². The maximum Gasteiger partial charge on any atom is 0.350 e. The van der Waals surface area contributed by atoms with Crippen LogP contribution in [0.4, 0.5) is 10.5 Å². The number of hydrogen-bond donors (Lipinski definition) is 1. The third-order valence-electron chi connectivity index (χ3n) is 4.04. The molecule has 6 nitrogen and oxygen atoms in total. The predicted octanol–water partition coefficient (Wildman–Crippen LogP) is 3.74. The average molecular weight is 360 g/mol. The number of hydrogen-bond acceptors (Lipinski definition) is 5. The molecular formula is C18H20N2O4S. The van der Waals surface area contributed by atoms with Gasteiger partial charge in [-0.25, -0.2) is 9.59 Å². The van der Waals surface area contributed by atoms with Crippen molar-refractivity contribution in [1.29, 1.82) is 0 Å². The highest BCUT2D eigenvalue weighted by molar-refractivity contribution is 7.12. The van der Waals surface area contributed by atoms with E-state index in [4.69, 9.17) is 9.47 Å². The van der Waals surface area contributed by atoms with Crippen molar-refractivity contribution in [3.63, 3.8) is 0 Å². The maximum atomic E-state index is 12.7. The van der Waals surface area contributed by atoms with Gasteiger partial charge >= 0.3 is 12.0 Å². The summed E-state index contributed by atoms with van der Waals surface area (Å²) in [5.74, 6) is 0.339. The van der Waals surface area contributed by atoms with Crippen LogP contribution in [0.25, 0.3) is 0 Å². The Morgan fingerprint density at radius 3 is 2.52 bits per heavy atom. The molecule has 0 spiro atoms. The van der Waals surface area contributed by atoms with Crippen molar-refractivity contribution in [2.45, 2.75) is 25.4 Å². The number of thiophene rings is 1. The van der Waals surface area contributed by atoms with Gasteiger partial charge in [-0.05, 0) is 42.0 Å². The largest absolute Gasteiger partial charge is 0.497 e. The quantitative estimate of drug-likeness (QED) is 0.797. The van der Waals surface area contributed by atoms with Crippen LogP contribution in [0, 0.1) is 0 Å². The highest BCUT2D eigenvalue weighted by Gasteiger charge is 2.33. The summed E-state index contributed by atoms with van der Waals surface area (Å²) in [6.07, 6.45) is 1.99. The first-order valence-electron chi connectivity index (χ1n) is 7.98. The summed E-state index contributed by atoms with van der Waals surface area (Å²) in [7, 11) is 2.95. The molecule has 1 saturated carbocycles. The number of amides is 2. The van der Waals surface area contributed by atoms with Gasteiger partial charge in [0, 0.05) is 12.6 Å². The molecular weight excluding hydrogens is 340 g/mol. The third kappa shape index (κ3) is 4.11. The number of esters is 1. The Bertz CT molecular complexity index is 753. The van der Waals surface area contributed by atoms with E-state index in [1.807, 2.05) is 24.3 Å². The number of anilines is 1. The topological polar surface area (TPSA) is 67.9 Å². The standard InChI is InChI=1S/C18H20N2O4S/c1-23-14-7-3-12(4-8-14)11-20(13-5-6-13)18(22)19-15-9-10-25-16(15)17(21)24-2/h3-4,7-10,13H,5-6,11H2,1-2H3,(H,19,22). The third-order valence-corrected chi connectivity index (χ3v) is 4.93. The van der Waals surface area contributed by atoms with Crippen LogP contribution in [0.5, 0.6) is 5.75 Å². The molecule has 1 aliphatic rings. The van der Waals surface area contributed by atoms with E-state index in [0.717, 1.165) is 24.2 Å². The number of rotatable bonds is 6. The van der Waals surface area contributed by atoms with Crippen LogP contribution >= 0.6 is 11.3 Å². The summed E-state index contributed by atoms with van der Waals surface area (Å²) in [4.78, 5) is 26.7. The summed E-state index contributed by atoms with van der Waals surface area (Å²) in [5.41, 5.74) is 1.52. The average Bonchev–Trinajstić information content (AvgIpc) is 3.38. The minimum absolute atomic E-state index is 0.207. The first kappa shape index (κ1) is 17.3. The summed E-state index contributed by atoms with van der Waals surface area (Å²) >= 11 is 1.25. The van der Waals surface area contributed by atoms with Crippen molar-refractivity contribution in [3.05, 3.63) is 46.2 Å². The van der Waals surface area contributed by atoms with E-state index in [9.17, 15) is 9.59 Å². The highest BCUT2D eigenvalue weighted by atomic mass is 32.1. The molecule has 1 N–H and O–H groups in total. The number of urea groups is 1. The highest BCUT2D eigenvalue weighted by Crippen LogP contribution is 2.30. The Morgan fingerprint density at radius 2 is 1.92 bits per heavy atom. The van der Waals surface area contributed by atoms with Crippen LogP contribution in [0.15, 0.2) is 35.7 Å². The molecule has 3 rings (SSSR count). The van der Waals surface area contributed by atoms with Crippen LogP contribution < -0.4 is 10.1 Å². The van der Waals surface area contributed by atoms with Crippen LogP contribution in [0.3, 0.4) is 0 Å². The van der Waals surface area contributed by atoms with Gasteiger partial charge in [-0.15, -0.1) is 11.3 Å². The van der Waals surface area contributed by atoms with Gasteiger partial charge in [-0.3, -0.25) is 0 Å². The first-order chi connectivity index (χ1) is 12.1. The van der Waals surface area contributed by atoms with E-state index >= 15 is 0 Å². The fourth-order valence-corrected chi connectivity index (χ4v) is 3.29. The number of nitrogens with zero attached hydrogens (tertiary/aromatic N) is 1. The smallest absolute Gasteiger partial charge is 0.350 e. The second-order valence-electron chi connectivity index (χ2n) is 5.79.